The van der Waals surface area contributed by atoms with Crippen molar-refractivity contribution < 1.29 is 27.2 Å². The molecule has 0 aliphatic heterocycles. The molecule has 1 atom stereocenters. The SMILES string of the molecule is N/C(=N/O)C(CNc1cc(F)cc(F)c1)C(F)(F)F. The van der Waals surface area contributed by atoms with Crippen molar-refractivity contribution in [2.45, 2.75) is 6.18 Å². The minimum atomic E-state index is -4.75. The number of hydrogen-bond donors (Lipinski definition) is 3. The minimum absolute atomic E-state index is 0.183. The molecule has 0 heterocycles. The molecule has 19 heavy (non-hydrogen) atoms. The highest BCUT2D eigenvalue weighted by Gasteiger charge is 2.42. The highest BCUT2D eigenvalue weighted by molar-refractivity contribution is 5.83. The van der Waals surface area contributed by atoms with E-state index in [1.54, 1.807) is 0 Å². The van der Waals surface area contributed by atoms with Gasteiger partial charge in [0.25, 0.3) is 0 Å². The van der Waals surface area contributed by atoms with Crippen LogP contribution in [0.15, 0.2) is 23.4 Å². The minimum Gasteiger partial charge on any atom is -0.409 e. The Morgan fingerprint density at radius 3 is 2.21 bits per heavy atom. The standard InChI is InChI=1S/C10H10F5N3O/c11-5-1-6(12)3-7(2-5)17-4-8(9(16)18-19)10(13,14)15/h1-3,8,17,19H,4H2,(H2,16,18). The van der Waals surface area contributed by atoms with Crippen LogP contribution < -0.4 is 11.1 Å². The first-order valence-corrected chi connectivity index (χ1v) is 4.98. The Bertz CT molecular complexity index is 454. The van der Waals surface area contributed by atoms with Crippen LogP contribution in [0.2, 0.25) is 0 Å². The molecule has 4 nitrogen and oxygen atoms in total. The van der Waals surface area contributed by atoms with Crippen molar-refractivity contribution in [3.8, 4) is 0 Å². The molecule has 1 aromatic carbocycles. The Morgan fingerprint density at radius 1 is 1.26 bits per heavy atom. The number of anilines is 1. The number of hydrogen-bond acceptors (Lipinski definition) is 3. The van der Waals surface area contributed by atoms with E-state index in [-0.39, 0.29) is 5.69 Å². The lowest BCUT2D eigenvalue weighted by Crippen LogP contribution is -2.40. The largest absolute Gasteiger partial charge is 0.409 e. The van der Waals surface area contributed by atoms with Gasteiger partial charge in [0.15, 0.2) is 5.84 Å². The van der Waals surface area contributed by atoms with Crippen molar-refractivity contribution >= 4 is 11.5 Å². The lowest BCUT2D eigenvalue weighted by molar-refractivity contribution is -0.152. The molecule has 1 aromatic rings. The molecule has 0 aromatic heterocycles. The summed E-state index contributed by atoms with van der Waals surface area (Å²) in [6.07, 6.45) is -4.75. The quantitative estimate of drug-likeness (QED) is 0.261. The monoisotopic (exact) mass is 283 g/mol. The van der Waals surface area contributed by atoms with Gasteiger partial charge in [-0.05, 0) is 12.1 Å². The summed E-state index contributed by atoms with van der Waals surface area (Å²) in [7, 11) is 0. The van der Waals surface area contributed by atoms with E-state index in [2.05, 4.69) is 10.5 Å². The Balaban J connectivity index is 2.82. The predicted molar refractivity (Wildman–Crippen MR) is 57.8 cm³/mol. The normalized spacial score (nSPS) is 14.3. The first kappa shape index (κ1) is 15.0. The van der Waals surface area contributed by atoms with E-state index in [0.29, 0.717) is 6.07 Å². The number of rotatable bonds is 4. The summed E-state index contributed by atoms with van der Waals surface area (Å²) in [6.45, 7) is -0.817. The molecular formula is C10H10F5N3O. The summed E-state index contributed by atoms with van der Waals surface area (Å²) in [5, 5.41) is 12.7. The zero-order valence-corrected chi connectivity index (χ0v) is 9.38. The fourth-order valence-electron chi connectivity index (χ4n) is 1.33. The molecule has 9 heteroatoms. The zero-order chi connectivity index (χ0) is 14.6. The van der Waals surface area contributed by atoms with Crippen molar-refractivity contribution in [3.05, 3.63) is 29.8 Å². The Hall–Kier alpha value is -2.06. The third-order valence-electron chi connectivity index (χ3n) is 2.24. The molecule has 0 radical (unpaired) electrons. The molecule has 0 spiro atoms. The maximum Gasteiger partial charge on any atom is 0.400 e. The third-order valence-corrected chi connectivity index (χ3v) is 2.24. The summed E-state index contributed by atoms with van der Waals surface area (Å²) in [4.78, 5) is 0. The van der Waals surface area contributed by atoms with Gasteiger partial charge in [-0.25, -0.2) is 8.78 Å². The van der Waals surface area contributed by atoms with E-state index in [1.807, 2.05) is 0 Å². The highest BCUT2D eigenvalue weighted by atomic mass is 19.4. The number of nitrogens with one attached hydrogen (secondary N) is 1. The number of nitrogens with two attached hydrogens (primary N) is 1. The van der Waals surface area contributed by atoms with Crippen LogP contribution in [-0.2, 0) is 0 Å². The maximum atomic E-state index is 12.8. The fraction of sp³-hybridized carbons (Fsp3) is 0.300. The van der Waals surface area contributed by atoms with Crippen LogP contribution in [0, 0.1) is 17.6 Å². The molecule has 0 bridgehead atoms. The second kappa shape index (κ2) is 5.72. The van der Waals surface area contributed by atoms with Gasteiger partial charge in [0, 0.05) is 18.3 Å². The van der Waals surface area contributed by atoms with Crippen molar-refractivity contribution in [2.24, 2.45) is 16.8 Å². The average molecular weight is 283 g/mol. The van der Waals surface area contributed by atoms with Gasteiger partial charge in [0.2, 0.25) is 0 Å². The van der Waals surface area contributed by atoms with Crippen LogP contribution in [0.5, 0.6) is 0 Å². The number of nitrogens with zero attached hydrogens (tertiary/aromatic N) is 1. The van der Waals surface area contributed by atoms with Crippen LogP contribution in [0.4, 0.5) is 27.6 Å². The summed E-state index contributed by atoms with van der Waals surface area (Å²) < 4.78 is 63.3. The number of amidine groups is 1. The molecule has 0 saturated carbocycles. The molecular weight excluding hydrogens is 273 g/mol. The first-order chi connectivity index (χ1) is 8.74. The average Bonchev–Trinajstić information content (AvgIpc) is 2.25. The molecule has 1 rings (SSSR count). The van der Waals surface area contributed by atoms with Crippen molar-refractivity contribution in [3.63, 3.8) is 0 Å². The summed E-state index contributed by atoms with van der Waals surface area (Å²) in [5.41, 5.74) is 4.74. The second-order valence-electron chi connectivity index (χ2n) is 3.66. The van der Waals surface area contributed by atoms with Gasteiger partial charge in [-0.1, -0.05) is 5.16 Å². The zero-order valence-electron chi connectivity index (χ0n) is 9.38. The van der Waals surface area contributed by atoms with Gasteiger partial charge < -0.3 is 16.3 Å². The fourth-order valence-corrected chi connectivity index (χ4v) is 1.33. The van der Waals surface area contributed by atoms with Gasteiger partial charge in [-0.3, -0.25) is 0 Å². The maximum absolute atomic E-state index is 12.8. The molecule has 0 aliphatic carbocycles. The number of halogens is 5. The van der Waals surface area contributed by atoms with Gasteiger partial charge >= 0.3 is 6.18 Å². The van der Waals surface area contributed by atoms with E-state index < -0.39 is 36.1 Å². The van der Waals surface area contributed by atoms with E-state index in [1.165, 1.54) is 0 Å². The molecule has 0 aliphatic rings. The number of oxime groups is 1. The lowest BCUT2D eigenvalue weighted by Gasteiger charge is -2.19. The lowest BCUT2D eigenvalue weighted by atomic mass is 10.1. The predicted octanol–water partition coefficient (Wildman–Crippen LogP) is 2.30. The second-order valence-corrected chi connectivity index (χ2v) is 3.66. The van der Waals surface area contributed by atoms with Crippen LogP contribution in [-0.4, -0.2) is 23.8 Å². The molecule has 0 saturated heterocycles. The molecule has 106 valence electrons. The highest BCUT2D eigenvalue weighted by Crippen LogP contribution is 2.27. The van der Waals surface area contributed by atoms with Gasteiger partial charge in [-0.15, -0.1) is 0 Å². The van der Waals surface area contributed by atoms with E-state index >= 15 is 0 Å². The first-order valence-electron chi connectivity index (χ1n) is 4.98. The van der Waals surface area contributed by atoms with Gasteiger partial charge in [0.1, 0.15) is 17.6 Å². The molecule has 4 N–H and O–H groups in total. The van der Waals surface area contributed by atoms with Crippen LogP contribution in [0.25, 0.3) is 0 Å². The Kier molecular flexibility index (Phi) is 4.52. The van der Waals surface area contributed by atoms with E-state index in [0.717, 1.165) is 12.1 Å². The van der Waals surface area contributed by atoms with Gasteiger partial charge in [0.05, 0.1) is 0 Å². The van der Waals surface area contributed by atoms with Crippen LogP contribution >= 0.6 is 0 Å². The number of alkyl halides is 3. The van der Waals surface area contributed by atoms with E-state index in [4.69, 9.17) is 10.9 Å². The number of benzene rings is 1. The third kappa shape index (κ3) is 4.27. The smallest absolute Gasteiger partial charge is 0.400 e. The van der Waals surface area contributed by atoms with Crippen LogP contribution in [0.3, 0.4) is 0 Å². The van der Waals surface area contributed by atoms with Gasteiger partial charge in [-0.2, -0.15) is 13.2 Å². The molecule has 0 fully saturated rings. The topological polar surface area (TPSA) is 70.6 Å². The summed E-state index contributed by atoms with van der Waals surface area (Å²) >= 11 is 0. The Morgan fingerprint density at radius 2 is 1.79 bits per heavy atom. The summed E-state index contributed by atoms with van der Waals surface area (Å²) in [5.74, 6) is -5.19. The Labute approximate surface area is 104 Å². The van der Waals surface area contributed by atoms with Crippen molar-refractivity contribution in [1.29, 1.82) is 0 Å². The van der Waals surface area contributed by atoms with Crippen molar-refractivity contribution in [2.75, 3.05) is 11.9 Å². The van der Waals surface area contributed by atoms with E-state index in [9.17, 15) is 22.0 Å². The molecule has 1 unspecified atom stereocenters. The van der Waals surface area contributed by atoms with Crippen LogP contribution in [0.1, 0.15) is 0 Å². The van der Waals surface area contributed by atoms with Crippen molar-refractivity contribution in [1.82, 2.24) is 0 Å². The summed E-state index contributed by atoms with van der Waals surface area (Å²) in [6, 6.07) is 2.22. The molecule has 0 amide bonds.